The van der Waals surface area contributed by atoms with Crippen LogP contribution in [0.5, 0.6) is 5.75 Å². The summed E-state index contributed by atoms with van der Waals surface area (Å²) < 4.78 is 12.1. The minimum absolute atomic E-state index is 0.103. The summed E-state index contributed by atoms with van der Waals surface area (Å²) in [6.07, 6.45) is 1.92. The smallest absolute Gasteiger partial charge is 0.375 e. The molecule has 0 radical (unpaired) electrons. The number of furan rings is 1. The minimum Gasteiger partial charge on any atom is -0.492 e. The van der Waals surface area contributed by atoms with Crippen LogP contribution >= 0.6 is 0 Å². The summed E-state index contributed by atoms with van der Waals surface area (Å²) in [6, 6.07) is 10.9. The number of ether oxygens (including phenoxy) is 1. The van der Waals surface area contributed by atoms with Gasteiger partial charge in [-0.05, 0) is 23.3 Å². The monoisotopic (exact) mass is 341 g/mol. The predicted molar refractivity (Wildman–Crippen MR) is 89.0 cm³/mol. The SMILES string of the molecule is COc1c(C(=O)O)oc(C(=O)O)c1-c1ccc(-c2cccn2C)cc1. The molecule has 0 bridgehead atoms. The number of aromatic nitrogens is 1. The van der Waals surface area contributed by atoms with E-state index in [2.05, 4.69) is 0 Å². The Morgan fingerprint density at radius 1 is 1.00 bits per heavy atom. The number of methoxy groups -OCH3 is 1. The highest BCUT2D eigenvalue weighted by molar-refractivity contribution is 6.01. The van der Waals surface area contributed by atoms with Gasteiger partial charge in [0.15, 0.2) is 5.75 Å². The number of nitrogens with zero attached hydrogens (tertiary/aromatic N) is 1. The lowest BCUT2D eigenvalue weighted by Gasteiger charge is -2.07. The zero-order valence-electron chi connectivity index (χ0n) is 13.5. The van der Waals surface area contributed by atoms with Crippen molar-refractivity contribution in [3.8, 4) is 28.1 Å². The van der Waals surface area contributed by atoms with Gasteiger partial charge in [0.1, 0.15) is 0 Å². The second-order valence-electron chi connectivity index (χ2n) is 5.36. The van der Waals surface area contributed by atoms with Crippen molar-refractivity contribution in [3.05, 3.63) is 54.1 Å². The van der Waals surface area contributed by atoms with Crippen molar-refractivity contribution >= 4 is 11.9 Å². The highest BCUT2D eigenvalue weighted by Crippen LogP contribution is 2.39. The summed E-state index contributed by atoms with van der Waals surface area (Å²) >= 11 is 0. The van der Waals surface area contributed by atoms with Crippen LogP contribution in [0.15, 0.2) is 47.0 Å². The summed E-state index contributed by atoms with van der Waals surface area (Å²) in [6.45, 7) is 0. The van der Waals surface area contributed by atoms with Gasteiger partial charge in [-0.1, -0.05) is 24.3 Å². The normalized spacial score (nSPS) is 10.6. The predicted octanol–water partition coefficient (Wildman–Crippen LogP) is 3.36. The van der Waals surface area contributed by atoms with E-state index in [0.717, 1.165) is 11.3 Å². The fourth-order valence-electron chi connectivity index (χ4n) is 2.73. The van der Waals surface area contributed by atoms with E-state index in [0.29, 0.717) is 5.56 Å². The number of aromatic carboxylic acids is 2. The van der Waals surface area contributed by atoms with Gasteiger partial charge in [-0.15, -0.1) is 0 Å². The largest absolute Gasteiger partial charge is 0.492 e. The third-order valence-corrected chi connectivity index (χ3v) is 3.87. The molecule has 0 saturated heterocycles. The standard InChI is InChI=1S/C18H15NO6/c1-19-9-3-4-12(19)10-5-7-11(8-6-10)13-14(24-2)16(18(22)23)25-15(13)17(20)21/h3-9H,1-2H3,(H,20,21)(H,22,23). The van der Waals surface area contributed by atoms with Crippen LogP contribution in [0.4, 0.5) is 0 Å². The second-order valence-corrected chi connectivity index (χ2v) is 5.36. The molecule has 0 unspecified atom stereocenters. The first-order valence-electron chi connectivity index (χ1n) is 7.33. The van der Waals surface area contributed by atoms with Crippen molar-refractivity contribution < 1.29 is 29.0 Å². The van der Waals surface area contributed by atoms with Gasteiger partial charge < -0.3 is 23.9 Å². The number of rotatable bonds is 5. The Balaban J connectivity index is 2.14. The van der Waals surface area contributed by atoms with E-state index in [1.165, 1.54) is 7.11 Å². The van der Waals surface area contributed by atoms with Crippen LogP contribution in [0.1, 0.15) is 21.1 Å². The van der Waals surface area contributed by atoms with E-state index in [1.807, 2.05) is 42.1 Å². The lowest BCUT2D eigenvalue weighted by Crippen LogP contribution is -1.97. The van der Waals surface area contributed by atoms with Crippen LogP contribution in [0.25, 0.3) is 22.4 Å². The maximum Gasteiger partial charge on any atom is 0.375 e. The molecular weight excluding hydrogens is 326 g/mol. The van der Waals surface area contributed by atoms with Crippen LogP contribution in [-0.2, 0) is 7.05 Å². The fraction of sp³-hybridized carbons (Fsp3) is 0.111. The van der Waals surface area contributed by atoms with E-state index in [1.54, 1.807) is 12.1 Å². The molecule has 2 heterocycles. The van der Waals surface area contributed by atoms with E-state index >= 15 is 0 Å². The fourth-order valence-corrected chi connectivity index (χ4v) is 2.73. The molecule has 0 amide bonds. The van der Waals surface area contributed by atoms with Gasteiger partial charge in [0.2, 0.25) is 5.76 Å². The maximum atomic E-state index is 11.5. The highest BCUT2D eigenvalue weighted by Gasteiger charge is 2.30. The molecule has 0 aliphatic carbocycles. The molecule has 7 nitrogen and oxygen atoms in total. The van der Waals surface area contributed by atoms with Crippen LogP contribution in [-0.4, -0.2) is 33.8 Å². The molecule has 0 atom stereocenters. The second kappa shape index (κ2) is 6.20. The molecule has 25 heavy (non-hydrogen) atoms. The van der Waals surface area contributed by atoms with Gasteiger partial charge in [-0.3, -0.25) is 0 Å². The minimum atomic E-state index is -1.40. The number of carboxylic acids is 2. The van der Waals surface area contributed by atoms with Gasteiger partial charge >= 0.3 is 11.9 Å². The number of carbonyl (C=O) groups is 2. The van der Waals surface area contributed by atoms with Crippen LogP contribution in [0.3, 0.4) is 0 Å². The van der Waals surface area contributed by atoms with Crippen molar-refractivity contribution in [3.63, 3.8) is 0 Å². The Kier molecular flexibility index (Phi) is 4.06. The molecule has 0 aliphatic heterocycles. The maximum absolute atomic E-state index is 11.5. The third-order valence-electron chi connectivity index (χ3n) is 3.87. The van der Waals surface area contributed by atoms with Crippen molar-refractivity contribution in [2.75, 3.05) is 7.11 Å². The van der Waals surface area contributed by atoms with E-state index in [-0.39, 0.29) is 11.3 Å². The Morgan fingerprint density at radius 2 is 1.60 bits per heavy atom. The molecule has 0 saturated carbocycles. The van der Waals surface area contributed by atoms with Crippen molar-refractivity contribution in [1.82, 2.24) is 4.57 Å². The number of aryl methyl sites for hydroxylation is 1. The van der Waals surface area contributed by atoms with Crippen LogP contribution in [0.2, 0.25) is 0 Å². The molecule has 2 N–H and O–H groups in total. The molecule has 0 spiro atoms. The van der Waals surface area contributed by atoms with Crippen molar-refractivity contribution in [2.45, 2.75) is 0 Å². The van der Waals surface area contributed by atoms with Gasteiger partial charge in [0.05, 0.1) is 12.7 Å². The number of carboxylic acid groups (broad SMARTS) is 2. The lowest BCUT2D eigenvalue weighted by molar-refractivity contribution is 0.0630. The Hall–Kier alpha value is -3.48. The average molecular weight is 341 g/mol. The first-order chi connectivity index (χ1) is 11.9. The molecule has 7 heteroatoms. The van der Waals surface area contributed by atoms with Crippen molar-refractivity contribution in [1.29, 1.82) is 0 Å². The van der Waals surface area contributed by atoms with E-state index in [4.69, 9.17) is 9.15 Å². The zero-order chi connectivity index (χ0) is 18.1. The average Bonchev–Trinajstić information content (AvgIpc) is 3.18. The topological polar surface area (TPSA) is 102 Å². The lowest BCUT2D eigenvalue weighted by atomic mass is 10.0. The third kappa shape index (κ3) is 2.76. The molecule has 2 aromatic heterocycles. The number of hydrogen-bond donors (Lipinski definition) is 2. The van der Waals surface area contributed by atoms with Gasteiger partial charge in [0, 0.05) is 18.9 Å². The first kappa shape index (κ1) is 16.4. The molecule has 0 fully saturated rings. The van der Waals surface area contributed by atoms with Crippen LogP contribution < -0.4 is 4.74 Å². The van der Waals surface area contributed by atoms with Crippen molar-refractivity contribution in [2.24, 2.45) is 7.05 Å². The summed E-state index contributed by atoms with van der Waals surface area (Å²) in [7, 11) is 3.19. The Labute approximate surface area is 142 Å². The van der Waals surface area contributed by atoms with E-state index < -0.39 is 23.5 Å². The van der Waals surface area contributed by atoms with E-state index in [9.17, 15) is 19.8 Å². The van der Waals surface area contributed by atoms with Gasteiger partial charge in [-0.2, -0.15) is 0 Å². The summed E-state index contributed by atoms with van der Waals surface area (Å²) in [4.78, 5) is 22.7. The quantitative estimate of drug-likeness (QED) is 0.738. The molecule has 0 aliphatic rings. The van der Waals surface area contributed by atoms with Gasteiger partial charge in [0.25, 0.3) is 5.76 Å². The van der Waals surface area contributed by atoms with Gasteiger partial charge in [-0.25, -0.2) is 9.59 Å². The highest BCUT2D eigenvalue weighted by atomic mass is 16.5. The summed E-state index contributed by atoms with van der Waals surface area (Å²) in [5, 5.41) is 18.5. The summed E-state index contributed by atoms with van der Waals surface area (Å²) in [5.41, 5.74) is 2.53. The Morgan fingerprint density at radius 3 is 2.08 bits per heavy atom. The first-order valence-corrected chi connectivity index (χ1v) is 7.33. The number of hydrogen-bond acceptors (Lipinski definition) is 4. The molecular formula is C18H15NO6. The molecule has 1 aromatic carbocycles. The zero-order valence-corrected chi connectivity index (χ0v) is 13.5. The Bertz CT molecular complexity index is 949. The van der Waals surface area contributed by atoms with Crippen LogP contribution in [0, 0.1) is 0 Å². The molecule has 3 aromatic rings. The molecule has 3 rings (SSSR count). The molecule has 128 valence electrons. The number of benzene rings is 1. The summed E-state index contributed by atoms with van der Waals surface area (Å²) in [5.74, 6) is -3.89.